The zero-order chi connectivity index (χ0) is 15.4. The third kappa shape index (κ3) is 3.87. The maximum Gasteiger partial charge on any atom is 0.251 e. The molecule has 4 heteroatoms. The highest BCUT2D eigenvalue weighted by Crippen LogP contribution is 2.26. The number of piperidine rings is 1. The Bertz CT molecular complexity index is 512. The van der Waals surface area contributed by atoms with Gasteiger partial charge in [-0.15, -0.1) is 0 Å². The summed E-state index contributed by atoms with van der Waals surface area (Å²) < 4.78 is 5.55. The molecule has 22 heavy (non-hydrogen) atoms. The second-order valence-electron chi connectivity index (χ2n) is 6.57. The lowest BCUT2D eigenvalue weighted by Gasteiger charge is -2.30. The molecule has 2 heterocycles. The molecule has 4 nitrogen and oxygen atoms in total. The van der Waals surface area contributed by atoms with Gasteiger partial charge in [0.15, 0.2) is 0 Å². The lowest BCUT2D eigenvalue weighted by molar-refractivity contribution is 0.0857. The first-order chi connectivity index (χ1) is 10.7. The van der Waals surface area contributed by atoms with E-state index in [0.717, 1.165) is 31.6 Å². The van der Waals surface area contributed by atoms with Crippen LogP contribution >= 0.6 is 0 Å². The molecule has 2 saturated heterocycles. The van der Waals surface area contributed by atoms with Crippen LogP contribution in [0.25, 0.3) is 0 Å². The molecule has 2 fully saturated rings. The molecule has 3 rings (SSSR count). The molecule has 1 amide bonds. The van der Waals surface area contributed by atoms with E-state index in [1.54, 1.807) is 0 Å². The van der Waals surface area contributed by atoms with Gasteiger partial charge in [-0.25, -0.2) is 0 Å². The number of nitrogens with one attached hydrogen (secondary N) is 1. The molecule has 2 aliphatic rings. The number of hydrogen-bond donors (Lipinski definition) is 1. The molecule has 0 spiro atoms. The number of likely N-dealkylation sites (N-methyl/N-ethyl adjacent to an activating group) is 1. The van der Waals surface area contributed by atoms with E-state index in [-0.39, 0.29) is 12.0 Å². The Labute approximate surface area is 132 Å². The van der Waals surface area contributed by atoms with Crippen molar-refractivity contribution in [3.05, 3.63) is 35.4 Å². The second kappa shape index (κ2) is 7.25. The van der Waals surface area contributed by atoms with E-state index in [1.165, 1.54) is 24.9 Å². The van der Waals surface area contributed by atoms with Crippen LogP contribution in [-0.2, 0) is 4.74 Å². The Hall–Kier alpha value is -1.39. The van der Waals surface area contributed by atoms with Crippen LogP contribution in [0.2, 0.25) is 0 Å². The quantitative estimate of drug-likeness (QED) is 0.928. The number of amides is 1. The predicted molar refractivity (Wildman–Crippen MR) is 87.2 cm³/mol. The summed E-state index contributed by atoms with van der Waals surface area (Å²) in [6.07, 6.45) is 4.79. The van der Waals surface area contributed by atoms with E-state index >= 15 is 0 Å². The molecular weight excluding hydrogens is 276 g/mol. The first-order valence-corrected chi connectivity index (χ1v) is 8.40. The number of nitrogens with zero attached hydrogens (tertiary/aromatic N) is 1. The van der Waals surface area contributed by atoms with Crippen LogP contribution in [0.4, 0.5) is 0 Å². The molecule has 1 aromatic carbocycles. The van der Waals surface area contributed by atoms with Gasteiger partial charge in [0.1, 0.15) is 0 Å². The van der Waals surface area contributed by atoms with Gasteiger partial charge in [-0.3, -0.25) is 4.79 Å². The normalized spacial score (nSPS) is 26.0. The van der Waals surface area contributed by atoms with Gasteiger partial charge in [-0.2, -0.15) is 0 Å². The standard InChI is InChI=1S/C18H26N2O2/c1-20-9-3-7-16(13-20)14-5-2-6-15(11-14)18(21)19-12-17-8-4-10-22-17/h2,5-6,11,16-17H,3-4,7-10,12-13H2,1H3,(H,19,21)/t16-,17+/m1/s1. The van der Waals surface area contributed by atoms with E-state index < -0.39 is 0 Å². The number of carbonyl (C=O) groups is 1. The molecule has 0 saturated carbocycles. The molecule has 0 unspecified atom stereocenters. The van der Waals surface area contributed by atoms with E-state index in [0.29, 0.717) is 12.5 Å². The van der Waals surface area contributed by atoms with Crippen LogP contribution in [0.1, 0.15) is 47.5 Å². The number of hydrogen-bond acceptors (Lipinski definition) is 3. The van der Waals surface area contributed by atoms with Gasteiger partial charge >= 0.3 is 0 Å². The largest absolute Gasteiger partial charge is 0.376 e. The van der Waals surface area contributed by atoms with Gasteiger partial charge in [-0.05, 0) is 62.9 Å². The lowest BCUT2D eigenvalue weighted by Crippen LogP contribution is -2.32. The molecular formula is C18H26N2O2. The summed E-state index contributed by atoms with van der Waals surface area (Å²) in [5, 5.41) is 3.01. The highest BCUT2D eigenvalue weighted by atomic mass is 16.5. The van der Waals surface area contributed by atoms with E-state index in [9.17, 15) is 4.79 Å². The molecule has 2 atom stereocenters. The van der Waals surface area contributed by atoms with Gasteiger partial charge in [-0.1, -0.05) is 12.1 Å². The maximum atomic E-state index is 12.3. The molecule has 2 aliphatic heterocycles. The molecule has 1 N–H and O–H groups in total. The van der Waals surface area contributed by atoms with Crippen molar-refractivity contribution in [3.8, 4) is 0 Å². The Balaban J connectivity index is 1.61. The van der Waals surface area contributed by atoms with Crippen molar-refractivity contribution in [1.82, 2.24) is 10.2 Å². The van der Waals surface area contributed by atoms with Crippen molar-refractivity contribution in [2.45, 2.75) is 37.7 Å². The summed E-state index contributed by atoms with van der Waals surface area (Å²) in [5.74, 6) is 0.561. The average molecular weight is 302 g/mol. The fourth-order valence-corrected chi connectivity index (χ4v) is 3.49. The van der Waals surface area contributed by atoms with Crippen molar-refractivity contribution in [2.75, 3.05) is 33.3 Å². The van der Waals surface area contributed by atoms with Crippen LogP contribution in [0, 0.1) is 0 Å². The number of ether oxygens (including phenoxy) is 1. The summed E-state index contributed by atoms with van der Waals surface area (Å²) in [6.45, 7) is 3.71. The fourth-order valence-electron chi connectivity index (χ4n) is 3.49. The van der Waals surface area contributed by atoms with E-state index in [1.807, 2.05) is 12.1 Å². The van der Waals surface area contributed by atoms with Crippen LogP contribution in [-0.4, -0.2) is 50.2 Å². The van der Waals surface area contributed by atoms with Crippen molar-refractivity contribution in [2.24, 2.45) is 0 Å². The fraction of sp³-hybridized carbons (Fsp3) is 0.611. The Morgan fingerprint density at radius 2 is 2.27 bits per heavy atom. The summed E-state index contributed by atoms with van der Waals surface area (Å²) in [4.78, 5) is 14.7. The average Bonchev–Trinajstić information content (AvgIpc) is 3.06. The Morgan fingerprint density at radius 1 is 1.36 bits per heavy atom. The number of rotatable bonds is 4. The van der Waals surface area contributed by atoms with E-state index in [4.69, 9.17) is 4.74 Å². The first kappa shape index (κ1) is 15.5. The van der Waals surface area contributed by atoms with Gasteiger partial charge in [0.25, 0.3) is 5.91 Å². The van der Waals surface area contributed by atoms with Crippen LogP contribution < -0.4 is 5.32 Å². The summed E-state index contributed by atoms with van der Waals surface area (Å²) >= 11 is 0. The summed E-state index contributed by atoms with van der Waals surface area (Å²) in [7, 11) is 2.17. The molecule has 0 bridgehead atoms. The topological polar surface area (TPSA) is 41.6 Å². The summed E-state index contributed by atoms with van der Waals surface area (Å²) in [5.41, 5.74) is 2.06. The smallest absolute Gasteiger partial charge is 0.251 e. The van der Waals surface area contributed by atoms with Gasteiger partial charge in [0.2, 0.25) is 0 Å². The predicted octanol–water partition coefficient (Wildman–Crippen LogP) is 2.40. The Kier molecular flexibility index (Phi) is 5.11. The minimum atomic E-state index is 0.0153. The molecule has 0 aliphatic carbocycles. The minimum Gasteiger partial charge on any atom is -0.376 e. The SMILES string of the molecule is CN1CCC[C@@H](c2cccc(C(=O)NC[C@@H]3CCCO3)c2)C1. The number of benzene rings is 1. The van der Waals surface area contributed by atoms with Crippen molar-refractivity contribution >= 4 is 5.91 Å². The first-order valence-electron chi connectivity index (χ1n) is 8.40. The monoisotopic (exact) mass is 302 g/mol. The van der Waals surface area contributed by atoms with Crippen LogP contribution in [0.3, 0.4) is 0 Å². The van der Waals surface area contributed by atoms with Crippen molar-refractivity contribution < 1.29 is 9.53 Å². The third-order valence-corrected chi connectivity index (χ3v) is 4.76. The number of carbonyl (C=O) groups excluding carboxylic acids is 1. The van der Waals surface area contributed by atoms with Gasteiger partial charge < -0.3 is 15.0 Å². The molecule has 120 valence electrons. The van der Waals surface area contributed by atoms with Gasteiger partial charge in [0, 0.05) is 25.3 Å². The highest BCUT2D eigenvalue weighted by molar-refractivity contribution is 5.94. The molecule has 0 aromatic heterocycles. The summed E-state index contributed by atoms with van der Waals surface area (Å²) in [6, 6.07) is 8.13. The lowest BCUT2D eigenvalue weighted by atomic mass is 9.90. The Morgan fingerprint density at radius 3 is 3.05 bits per heavy atom. The van der Waals surface area contributed by atoms with Crippen LogP contribution in [0.5, 0.6) is 0 Å². The third-order valence-electron chi connectivity index (χ3n) is 4.76. The zero-order valence-corrected chi connectivity index (χ0v) is 13.4. The van der Waals surface area contributed by atoms with E-state index in [2.05, 4.69) is 29.4 Å². The number of likely N-dealkylation sites (tertiary alicyclic amines) is 1. The van der Waals surface area contributed by atoms with Crippen molar-refractivity contribution in [1.29, 1.82) is 0 Å². The molecule has 0 radical (unpaired) electrons. The maximum absolute atomic E-state index is 12.3. The zero-order valence-electron chi connectivity index (χ0n) is 13.4. The van der Waals surface area contributed by atoms with Crippen molar-refractivity contribution in [3.63, 3.8) is 0 Å². The van der Waals surface area contributed by atoms with Gasteiger partial charge in [0.05, 0.1) is 6.10 Å². The minimum absolute atomic E-state index is 0.0153. The van der Waals surface area contributed by atoms with Crippen LogP contribution in [0.15, 0.2) is 24.3 Å². The second-order valence-corrected chi connectivity index (χ2v) is 6.57. The molecule has 1 aromatic rings. The highest BCUT2D eigenvalue weighted by Gasteiger charge is 2.20.